The van der Waals surface area contributed by atoms with Gasteiger partial charge in [-0.25, -0.2) is 4.79 Å². The highest BCUT2D eigenvalue weighted by Gasteiger charge is 2.68. The summed E-state index contributed by atoms with van der Waals surface area (Å²) in [5.41, 5.74) is -0.457. The number of fused-ring (bicyclic) bond motifs is 2. The highest BCUT2D eigenvalue weighted by atomic mass is 35.5. The number of likely N-dealkylation sites (tertiary alicyclic amines) is 1. The third kappa shape index (κ3) is 4.55. The van der Waals surface area contributed by atoms with E-state index in [1.165, 1.54) is 30.6 Å². The Labute approximate surface area is 255 Å². The van der Waals surface area contributed by atoms with Gasteiger partial charge in [0.1, 0.15) is 11.2 Å². The molecule has 10 nitrogen and oxygen atoms in total. The van der Waals surface area contributed by atoms with E-state index in [9.17, 15) is 24.5 Å². The average molecular weight is 630 g/mol. The molecule has 42 heavy (non-hydrogen) atoms. The van der Waals surface area contributed by atoms with Gasteiger partial charge in [0.05, 0.1) is 27.9 Å². The minimum atomic E-state index is -1.24. The van der Waals surface area contributed by atoms with Crippen LogP contribution in [0.3, 0.4) is 0 Å². The molecule has 0 radical (unpaired) electrons. The minimum Gasteiger partial charge on any atom is -0.465 e. The molecule has 13 heteroatoms. The Balaban J connectivity index is 1.49. The van der Waals surface area contributed by atoms with Crippen LogP contribution in [0.2, 0.25) is 9.36 Å². The van der Waals surface area contributed by atoms with Gasteiger partial charge < -0.3 is 15.4 Å². The maximum Gasteiger partial charge on any atom is 0.338 e. The number of nitro groups is 1. The van der Waals surface area contributed by atoms with Crippen molar-refractivity contribution in [1.29, 1.82) is 0 Å². The Bertz CT molecular complexity index is 1640. The van der Waals surface area contributed by atoms with Crippen LogP contribution in [0.15, 0.2) is 48.5 Å². The normalized spacial score (nSPS) is 24.9. The fraction of sp³-hybridized carbons (Fsp3) is 0.345. The van der Waals surface area contributed by atoms with Gasteiger partial charge in [-0.2, -0.15) is 0 Å². The monoisotopic (exact) mass is 628 g/mol. The van der Waals surface area contributed by atoms with Crippen LogP contribution in [0.4, 0.5) is 17.1 Å². The van der Waals surface area contributed by atoms with Gasteiger partial charge in [0.25, 0.3) is 5.69 Å². The molecule has 1 aromatic heterocycles. The quantitative estimate of drug-likeness (QED) is 0.185. The molecule has 1 spiro atoms. The number of nitrogens with one attached hydrogen (secondary N) is 2. The first-order valence-corrected chi connectivity index (χ1v) is 14.9. The molecule has 3 heterocycles. The van der Waals surface area contributed by atoms with Crippen LogP contribution in [-0.2, 0) is 19.9 Å². The zero-order valence-electron chi connectivity index (χ0n) is 22.6. The summed E-state index contributed by atoms with van der Waals surface area (Å²) in [7, 11) is 1.18. The second-order valence-electron chi connectivity index (χ2n) is 10.9. The number of halogens is 2. The molecule has 2 fully saturated rings. The summed E-state index contributed by atoms with van der Waals surface area (Å²) in [5.74, 6) is -2.57. The summed E-state index contributed by atoms with van der Waals surface area (Å²) in [6.45, 7) is 2.52. The van der Waals surface area contributed by atoms with Crippen molar-refractivity contribution >= 4 is 69.4 Å². The van der Waals surface area contributed by atoms with Gasteiger partial charge in [-0.05, 0) is 62.1 Å². The predicted octanol–water partition coefficient (Wildman–Crippen LogP) is 6.05. The van der Waals surface area contributed by atoms with Gasteiger partial charge in [0.2, 0.25) is 11.8 Å². The van der Waals surface area contributed by atoms with Crippen molar-refractivity contribution in [3.05, 3.63) is 84.0 Å². The lowest BCUT2D eigenvalue weighted by atomic mass is 9.73. The molecule has 218 valence electrons. The molecular formula is C29H26Cl2N4O6S. The van der Waals surface area contributed by atoms with Crippen LogP contribution in [0.1, 0.15) is 46.5 Å². The molecule has 4 atom stereocenters. The first kappa shape index (κ1) is 28.6. The first-order chi connectivity index (χ1) is 20.1. The van der Waals surface area contributed by atoms with Gasteiger partial charge in [0, 0.05) is 45.7 Å². The molecule has 0 unspecified atom stereocenters. The molecule has 2 amide bonds. The summed E-state index contributed by atoms with van der Waals surface area (Å²) < 4.78 is 5.20. The standard InChI is InChI=1S/C29H26Cl2N4O6S/c1-14-24(26(36)32-19-8-5-16(27(37)41-2)11-21(19)35(39)40)25(22-9-10-23(31)42-22)29(34(14)13-15-3-4-15)18-7-6-17(30)12-20(18)33-28(29)38/h5-12,14-15,24-25H,3-4,13H2,1-2H3,(H,32,36)(H,33,38)/t14-,24+,25-,29+/m0/s1. The topological polar surface area (TPSA) is 131 Å². The highest BCUT2D eigenvalue weighted by molar-refractivity contribution is 7.16. The van der Waals surface area contributed by atoms with Gasteiger partial charge in [-0.1, -0.05) is 29.3 Å². The Morgan fingerprint density at radius 3 is 2.60 bits per heavy atom. The van der Waals surface area contributed by atoms with Gasteiger partial charge >= 0.3 is 5.97 Å². The van der Waals surface area contributed by atoms with Crippen molar-refractivity contribution in [2.24, 2.45) is 11.8 Å². The molecule has 1 aliphatic carbocycles. The van der Waals surface area contributed by atoms with E-state index in [1.54, 1.807) is 18.2 Å². The Morgan fingerprint density at radius 2 is 1.95 bits per heavy atom. The number of ether oxygens (including phenoxy) is 1. The molecule has 3 aromatic rings. The summed E-state index contributed by atoms with van der Waals surface area (Å²) in [5, 5.41) is 18.2. The lowest BCUT2D eigenvalue weighted by Crippen LogP contribution is -2.52. The van der Waals surface area contributed by atoms with Crippen molar-refractivity contribution in [2.45, 2.75) is 37.3 Å². The number of carbonyl (C=O) groups excluding carboxylic acids is 3. The van der Waals surface area contributed by atoms with Crippen molar-refractivity contribution in [3.8, 4) is 0 Å². The molecular weight excluding hydrogens is 603 g/mol. The number of methoxy groups -OCH3 is 1. The van der Waals surface area contributed by atoms with Crippen LogP contribution in [0.5, 0.6) is 0 Å². The third-order valence-corrected chi connectivity index (χ3v) is 10.0. The number of anilines is 2. The predicted molar refractivity (Wildman–Crippen MR) is 159 cm³/mol. The second kappa shape index (κ2) is 10.6. The average Bonchev–Trinajstić information content (AvgIpc) is 3.53. The Kier molecular flexibility index (Phi) is 7.25. The number of carbonyl (C=O) groups is 3. The van der Waals surface area contributed by atoms with E-state index >= 15 is 0 Å². The van der Waals surface area contributed by atoms with Crippen LogP contribution < -0.4 is 10.6 Å². The van der Waals surface area contributed by atoms with Crippen molar-refractivity contribution < 1.29 is 24.0 Å². The molecule has 2 aliphatic heterocycles. The summed E-state index contributed by atoms with van der Waals surface area (Å²) in [6.07, 6.45) is 2.05. The largest absolute Gasteiger partial charge is 0.465 e. The van der Waals surface area contributed by atoms with E-state index < -0.39 is 45.9 Å². The van der Waals surface area contributed by atoms with Crippen molar-refractivity contribution in [3.63, 3.8) is 0 Å². The molecule has 0 bridgehead atoms. The third-order valence-electron chi connectivity index (χ3n) is 8.49. The lowest BCUT2D eigenvalue weighted by molar-refractivity contribution is -0.384. The van der Waals surface area contributed by atoms with Crippen LogP contribution in [-0.4, -0.2) is 47.3 Å². The van der Waals surface area contributed by atoms with Crippen molar-refractivity contribution in [1.82, 2.24) is 4.90 Å². The zero-order chi connectivity index (χ0) is 29.9. The number of rotatable bonds is 7. The first-order valence-electron chi connectivity index (χ1n) is 13.4. The number of esters is 1. The summed E-state index contributed by atoms with van der Waals surface area (Å²) in [4.78, 5) is 54.7. The molecule has 1 saturated heterocycles. The lowest BCUT2D eigenvalue weighted by Gasteiger charge is -2.39. The SMILES string of the molecule is COC(=O)c1ccc(NC(=O)[C@@H]2[C@H](C)N(CC3CC3)[C@@]3(C(=O)Nc4cc(Cl)ccc43)[C@H]2c2ccc(Cl)s2)c([N+](=O)[O-])c1. The van der Waals surface area contributed by atoms with Crippen LogP contribution in [0.25, 0.3) is 0 Å². The van der Waals surface area contributed by atoms with Gasteiger partial charge in [-0.3, -0.25) is 24.6 Å². The Morgan fingerprint density at radius 1 is 1.19 bits per heavy atom. The van der Waals surface area contributed by atoms with E-state index in [0.29, 0.717) is 27.5 Å². The fourth-order valence-corrected chi connectivity index (χ4v) is 7.95. The molecule has 2 aromatic carbocycles. The van der Waals surface area contributed by atoms with Crippen LogP contribution in [0, 0.1) is 22.0 Å². The zero-order valence-corrected chi connectivity index (χ0v) is 24.9. The second-order valence-corrected chi connectivity index (χ2v) is 13.0. The molecule has 6 rings (SSSR count). The van der Waals surface area contributed by atoms with Crippen LogP contribution >= 0.6 is 34.5 Å². The molecule has 2 N–H and O–H groups in total. The van der Waals surface area contributed by atoms with E-state index in [-0.39, 0.29) is 17.2 Å². The summed E-state index contributed by atoms with van der Waals surface area (Å²) >= 11 is 14.0. The van der Waals surface area contributed by atoms with E-state index in [2.05, 4.69) is 15.5 Å². The number of hydrogen-bond donors (Lipinski definition) is 2. The minimum absolute atomic E-state index is 0.0185. The number of nitrogens with zero attached hydrogens (tertiary/aromatic N) is 2. The van der Waals surface area contributed by atoms with E-state index in [0.717, 1.165) is 29.3 Å². The molecule has 3 aliphatic rings. The van der Waals surface area contributed by atoms with E-state index in [4.69, 9.17) is 27.9 Å². The smallest absolute Gasteiger partial charge is 0.338 e. The number of benzene rings is 2. The number of amides is 2. The number of hydrogen-bond acceptors (Lipinski definition) is 8. The van der Waals surface area contributed by atoms with Gasteiger partial charge in [0.15, 0.2) is 0 Å². The number of nitro benzene ring substituents is 1. The van der Waals surface area contributed by atoms with Crippen molar-refractivity contribution in [2.75, 3.05) is 24.3 Å². The number of thiophene rings is 1. The maximum atomic E-state index is 14.3. The fourth-order valence-electron chi connectivity index (χ4n) is 6.51. The maximum absolute atomic E-state index is 14.3. The van der Waals surface area contributed by atoms with E-state index in [1.807, 2.05) is 19.1 Å². The molecule has 1 saturated carbocycles. The highest BCUT2D eigenvalue weighted by Crippen LogP contribution is 2.61. The summed E-state index contributed by atoms with van der Waals surface area (Å²) in [6, 6.07) is 12.2. The van der Waals surface area contributed by atoms with Gasteiger partial charge in [-0.15, -0.1) is 11.3 Å². The Hall–Kier alpha value is -3.51.